The molecule has 2 aromatic carbocycles. The highest BCUT2D eigenvalue weighted by Crippen LogP contribution is 2.44. The monoisotopic (exact) mass is 628 g/mol. The first kappa shape index (κ1) is 29.2. The van der Waals surface area contributed by atoms with E-state index in [0.29, 0.717) is 21.4 Å². The topological polar surface area (TPSA) is 92.1 Å². The number of benzene rings is 2. The van der Waals surface area contributed by atoms with E-state index >= 15 is 0 Å². The summed E-state index contributed by atoms with van der Waals surface area (Å²) in [6, 6.07) is 15.8. The molecular weight excluding hydrogens is 592 g/mol. The fraction of sp³-hybridized carbons (Fsp3) is 0.412. The highest BCUT2D eigenvalue weighted by Gasteiger charge is 2.31. The molecule has 0 atom stereocenters. The molecule has 44 heavy (non-hydrogen) atoms. The number of rotatable bonds is 7. The van der Waals surface area contributed by atoms with Gasteiger partial charge in [0, 0.05) is 49.3 Å². The van der Waals surface area contributed by atoms with E-state index in [0.717, 1.165) is 77.8 Å². The molecule has 2 N–H and O–H groups in total. The second-order valence-electron chi connectivity index (χ2n) is 12.3. The number of aromatic nitrogens is 3. The van der Waals surface area contributed by atoms with Gasteiger partial charge in [-0.25, -0.2) is 9.67 Å². The smallest absolute Gasteiger partial charge is 0.251 e. The molecule has 1 saturated heterocycles. The van der Waals surface area contributed by atoms with Crippen molar-refractivity contribution >= 4 is 39.9 Å². The molecule has 0 bridgehead atoms. The van der Waals surface area contributed by atoms with Gasteiger partial charge in [-0.3, -0.25) is 9.59 Å². The molecule has 7 rings (SSSR count). The van der Waals surface area contributed by atoms with E-state index in [-0.39, 0.29) is 17.9 Å². The minimum atomic E-state index is -0.152. The minimum absolute atomic E-state index is 0.0927. The van der Waals surface area contributed by atoms with Crippen LogP contribution in [0.15, 0.2) is 48.5 Å². The van der Waals surface area contributed by atoms with E-state index in [1.807, 2.05) is 35.0 Å². The van der Waals surface area contributed by atoms with Crippen molar-refractivity contribution in [3.05, 3.63) is 70.4 Å². The molecule has 1 aliphatic heterocycles. The number of piperidine rings is 1. The third-order valence-electron chi connectivity index (χ3n) is 9.19. The van der Waals surface area contributed by atoms with Gasteiger partial charge in [-0.2, -0.15) is 5.10 Å². The summed E-state index contributed by atoms with van der Waals surface area (Å²) in [5.74, 6) is 0.610. The van der Waals surface area contributed by atoms with Gasteiger partial charge >= 0.3 is 0 Å². The molecule has 0 unspecified atom stereocenters. The van der Waals surface area contributed by atoms with E-state index in [2.05, 4.69) is 27.7 Å². The minimum Gasteiger partial charge on any atom is -0.349 e. The average Bonchev–Trinajstić information content (AvgIpc) is 3.77. The summed E-state index contributed by atoms with van der Waals surface area (Å²) >= 11 is 8.38. The molecule has 228 valence electrons. The van der Waals surface area contributed by atoms with Crippen molar-refractivity contribution in [2.24, 2.45) is 5.92 Å². The summed E-state index contributed by atoms with van der Waals surface area (Å²) in [4.78, 5) is 33.3. The second-order valence-corrected chi connectivity index (χ2v) is 13.7. The van der Waals surface area contributed by atoms with Crippen molar-refractivity contribution < 1.29 is 9.59 Å². The molecule has 3 heterocycles. The van der Waals surface area contributed by atoms with Gasteiger partial charge in [-0.1, -0.05) is 66.1 Å². The van der Waals surface area contributed by atoms with E-state index < -0.39 is 0 Å². The van der Waals surface area contributed by atoms with Crippen molar-refractivity contribution in [3.8, 4) is 27.5 Å². The van der Waals surface area contributed by atoms with Gasteiger partial charge in [0.15, 0.2) is 5.13 Å². The SMILES string of the molecule is CC(=O)Nc1nc2c(s1)-c1c(c(-c3ccccc3)nn1-c1ccc(C(=O)NC3CCN(CC4CCCC4)CC3)cc1Cl)CC2. The maximum Gasteiger partial charge on any atom is 0.251 e. The van der Waals surface area contributed by atoms with Gasteiger partial charge in [0.25, 0.3) is 5.91 Å². The van der Waals surface area contributed by atoms with Crippen molar-refractivity contribution in [3.63, 3.8) is 0 Å². The normalized spacial score (nSPS) is 17.3. The lowest BCUT2D eigenvalue weighted by molar-refractivity contribution is -0.114. The molecule has 10 heteroatoms. The van der Waals surface area contributed by atoms with Crippen LogP contribution in [0.1, 0.15) is 67.1 Å². The Hall–Kier alpha value is -3.53. The van der Waals surface area contributed by atoms with E-state index in [9.17, 15) is 9.59 Å². The van der Waals surface area contributed by atoms with Crippen LogP contribution in [-0.2, 0) is 17.6 Å². The molecule has 0 spiro atoms. The summed E-state index contributed by atoms with van der Waals surface area (Å²) in [6.07, 6.45) is 8.97. The molecule has 0 radical (unpaired) electrons. The molecule has 4 aromatic rings. The number of carbonyl (C=O) groups is 2. The number of nitrogens with one attached hydrogen (secondary N) is 2. The Morgan fingerprint density at radius 1 is 1.02 bits per heavy atom. The van der Waals surface area contributed by atoms with E-state index in [1.165, 1.54) is 50.5 Å². The highest BCUT2D eigenvalue weighted by atomic mass is 35.5. The number of thiazole rings is 1. The molecule has 2 amide bonds. The van der Waals surface area contributed by atoms with Crippen molar-refractivity contribution in [2.45, 2.75) is 64.3 Å². The summed E-state index contributed by atoms with van der Waals surface area (Å²) < 4.78 is 1.88. The standard InChI is InChI=1S/C34H37ClN6O2S/c1-21(42)36-34-38-28-13-12-26-30(23-9-3-2-4-10-23)39-41(31(26)32(28)44-34)29-14-11-24(19-27(29)35)33(43)37-25-15-17-40(18-16-25)20-22-7-5-6-8-22/h2-4,9-11,14,19,22,25H,5-8,12-13,15-18,20H2,1H3,(H,37,43)(H,36,38,42). The average molecular weight is 629 g/mol. The zero-order valence-electron chi connectivity index (χ0n) is 24.9. The van der Waals surface area contributed by atoms with Crippen LogP contribution in [0.25, 0.3) is 27.5 Å². The van der Waals surface area contributed by atoms with Crippen molar-refractivity contribution in [1.29, 1.82) is 0 Å². The summed E-state index contributed by atoms with van der Waals surface area (Å²) in [6.45, 7) is 4.77. The predicted molar refractivity (Wildman–Crippen MR) is 176 cm³/mol. The van der Waals surface area contributed by atoms with Gasteiger partial charge in [-0.05, 0) is 62.6 Å². The summed E-state index contributed by atoms with van der Waals surface area (Å²) in [7, 11) is 0. The third-order valence-corrected chi connectivity index (χ3v) is 10.5. The summed E-state index contributed by atoms with van der Waals surface area (Å²) in [5, 5.41) is 12.2. The first-order valence-electron chi connectivity index (χ1n) is 15.7. The first-order chi connectivity index (χ1) is 21.4. The highest BCUT2D eigenvalue weighted by molar-refractivity contribution is 7.19. The van der Waals surface area contributed by atoms with Crippen LogP contribution in [0.3, 0.4) is 0 Å². The Kier molecular flexibility index (Phi) is 8.27. The maximum atomic E-state index is 13.3. The van der Waals surface area contributed by atoms with Gasteiger partial charge in [0.05, 0.1) is 32.7 Å². The van der Waals surface area contributed by atoms with Crippen LogP contribution in [0.4, 0.5) is 5.13 Å². The number of amides is 2. The maximum absolute atomic E-state index is 13.3. The quantitative estimate of drug-likeness (QED) is 0.236. The Labute approximate surface area is 266 Å². The molecule has 1 saturated carbocycles. The fourth-order valence-corrected chi connectivity index (χ4v) is 8.36. The number of likely N-dealkylation sites (tertiary alicyclic amines) is 1. The lowest BCUT2D eigenvalue weighted by atomic mass is 9.95. The van der Waals surface area contributed by atoms with Gasteiger partial charge in [0.1, 0.15) is 0 Å². The van der Waals surface area contributed by atoms with Gasteiger partial charge in [0.2, 0.25) is 5.91 Å². The molecule has 2 aromatic heterocycles. The zero-order chi connectivity index (χ0) is 30.2. The lowest BCUT2D eigenvalue weighted by Gasteiger charge is -2.33. The molecular formula is C34H37ClN6O2S. The van der Waals surface area contributed by atoms with Gasteiger partial charge in [-0.15, -0.1) is 0 Å². The van der Waals surface area contributed by atoms with Gasteiger partial charge < -0.3 is 15.5 Å². The fourth-order valence-electron chi connectivity index (χ4n) is 6.98. The molecule has 2 aliphatic carbocycles. The molecule has 3 aliphatic rings. The van der Waals surface area contributed by atoms with Crippen LogP contribution in [0.5, 0.6) is 0 Å². The van der Waals surface area contributed by atoms with Crippen LogP contribution in [0.2, 0.25) is 5.02 Å². The number of anilines is 1. The lowest BCUT2D eigenvalue weighted by Crippen LogP contribution is -2.45. The van der Waals surface area contributed by atoms with Crippen molar-refractivity contribution in [2.75, 3.05) is 25.0 Å². The molecule has 8 nitrogen and oxygen atoms in total. The Balaban J connectivity index is 1.14. The van der Waals surface area contributed by atoms with E-state index in [1.54, 1.807) is 6.07 Å². The third kappa shape index (κ3) is 5.93. The number of aryl methyl sites for hydroxylation is 1. The van der Waals surface area contributed by atoms with E-state index in [4.69, 9.17) is 21.7 Å². The zero-order valence-corrected chi connectivity index (χ0v) is 26.5. The number of hydrogen-bond donors (Lipinski definition) is 2. The van der Waals surface area contributed by atoms with Crippen LogP contribution >= 0.6 is 22.9 Å². The summed E-state index contributed by atoms with van der Waals surface area (Å²) in [5.41, 5.74) is 6.17. The Morgan fingerprint density at radius 2 is 1.80 bits per heavy atom. The largest absolute Gasteiger partial charge is 0.349 e. The first-order valence-corrected chi connectivity index (χ1v) is 16.9. The second kappa shape index (κ2) is 12.5. The van der Waals surface area contributed by atoms with Crippen LogP contribution in [-0.4, -0.2) is 57.2 Å². The van der Waals surface area contributed by atoms with Crippen LogP contribution < -0.4 is 10.6 Å². The number of fused-ring (bicyclic) bond motifs is 3. The number of halogens is 1. The Bertz CT molecular complexity index is 1690. The molecule has 2 fully saturated rings. The van der Waals surface area contributed by atoms with Crippen LogP contribution in [0, 0.1) is 5.92 Å². The number of carbonyl (C=O) groups excluding carboxylic acids is 2. The number of nitrogens with zero attached hydrogens (tertiary/aromatic N) is 4. The predicted octanol–water partition coefficient (Wildman–Crippen LogP) is 6.76. The number of hydrogen-bond acceptors (Lipinski definition) is 6. The van der Waals surface area contributed by atoms with Crippen molar-refractivity contribution in [1.82, 2.24) is 25.0 Å². The Morgan fingerprint density at radius 3 is 2.52 bits per heavy atom.